The second kappa shape index (κ2) is 5.81. The zero-order chi connectivity index (χ0) is 15.7. The van der Waals surface area contributed by atoms with Crippen molar-refractivity contribution >= 4 is 28.9 Å². The summed E-state index contributed by atoms with van der Waals surface area (Å²) in [4.78, 5) is 8.61. The molecular weight excluding hydrogens is 302 g/mol. The van der Waals surface area contributed by atoms with E-state index in [1.165, 1.54) is 6.33 Å². The molecular formula is C15H16ClN5O. The molecule has 0 aliphatic heterocycles. The molecule has 0 amide bonds. The first-order chi connectivity index (χ1) is 10.6. The quantitative estimate of drug-likeness (QED) is 0.799. The van der Waals surface area contributed by atoms with E-state index in [1.807, 2.05) is 25.1 Å². The van der Waals surface area contributed by atoms with Gasteiger partial charge in [-0.2, -0.15) is 14.6 Å². The van der Waals surface area contributed by atoms with Gasteiger partial charge in [0.25, 0.3) is 5.78 Å². The molecule has 0 saturated heterocycles. The number of rotatable bonds is 4. The summed E-state index contributed by atoms with van der Waals surface area (Å²) in [5.41, 5.74) is 2.87. The molecule has 0 atom stereocenters. The Balaban J connectivity index is 2.09. The van der Waals surface area contributed by atoms with Gasteiger partial charge in [0.1, 0.15) is 17.9 Å². The van der Waals surface area contributed by atoms with Crippen molar-refractivity contribution in [3.8, 4) is 5.75 Å². The summed E-state index contributed by atoms with van der Waals surface area (Å²) in [6, 6.07) is 5.55. The highest BCUT2D eigenvalue weighted by Gasteiger charge is 2.13. The molecule has 0 aliphatic rings. The molecule has 0 aliphatic carbocycles. The predicted octanol–water partition coefficient (Wildman–Crippen LogP) is 3.40. The first kappa shape index (κ1) is 14.6. The second-order valence-corrected chi connectivity index (χ2v) is 5.23. The molecule has 114 valence electrons. The summed E-state index contributed by atoms with van der Waals surface area (Å²) >= 11 is 6.19. The molecule has 7 heteroatoms. The Morgan fingerprint density at radius 3 is 2.86 bits per heavy atom. The Morgan fingerprint density at radius 2 is 2.18 bits per heavy atom. The maximum atomic E-state index is 6.19. The number of aryl methyl sites for hydroxylation is 1. The van der Waals surface area contributed by atoms with Crippen molar-refractivity contribution in [1.82, 2.24) is 19.6 Å². The van der Waals surface area contributed by atoms with Crippen LogP contribution in [0.2, 0.25) is 5.02 Å². The maximum absolute atomic E-state index is 6.19. The van der Waals surface area contributed by atoms with E-state index in [-0.39, 0.29) is 0 Å². The Hall–Kier alpha value is -2.34. The number of hydrogen-bond donors (Lipinski definition) is 1. The fraction of sp³-hybridized carbons (Fsp3) is 0.267. The van der Waals surface area contributed by atoms with Crippen LogP contribution in [0.4, 0.5) is 11.5 Å². The van der Waals surface area contributed by atoms with Crippen LogP contribution < -0.4 is 10.1 Å². The molecule has 1 N–H and O–H groups in total. The fourth-order valence-corrected chi connectivity index (χ4v) is 2.68. The highest BCUT2D eigenvalue weighted by Crippen LogP contribution is 2.30. The first-order valence-electron chi connectivity index (χ1n) is 6.93. The van der Waals surface area contributed by atoms with Crippen molar-refractivity contribution in [2.75, 3.05) is 12.4 Å². The average molecular weight is 318 g/mol. The van der Waals surface area contributed by atoms with Crippen LogP contribution in [0.25, 0.3) is 5.78 Å². The topological polar surface area (TPSA) is 64.3 Å². The van der Waals surface area contributed by atoms with E-state index in [0.717, 1.165) is 29.2 Å². The van der Waals surface area contributed by atoms with E-state index in [0.29, 0.717) is 16.5 Å². The predicted molar refractivity (Wildman–Crippen MR) is 86.2 cm³/mol. The van der Waals surface area contributed by atoms with Crippen LogP contribution in [0.1, 0.15) is 18.2 Å². The van der Waals surface area contributed by atoms with E-state index in [2.05, 4.69) is 27.3 Å². The normalized spacial score (nSPS) is 10.9. The summed E-state index contributed by atoms with van der Waals surface area (Å²) < 4.78 is 6.87. The van der Waals surface area contributed by atoms with E-state index < -0.39 is 0 Å². The summed E-state index contributed by atoms with van der Waals surface area (Å²) in [5.74, 6) is 2.06. The molecule has 0 unspecified atom stereocenters. The number of nitrogens with one attached hydrogen (secondary N) is 1. The van der Waals surface area contributed by atoms with Gasteiger partial charge in [-0.1, -0.05) is 18.5 Å². The van der Waals surface area contributed by atoms with Gasteiger partial charge < -0.3 is 10.1 Å². The molecule has 22 heavy (non-hydrogen) atoms. The number of anilines is 2. The Bertz CT molecular complexity index is 830. The van der Waals surface area contributed by atoms with Crippen molar-refractivity contribution in [3.63, 3.8) is 0 Å². The van der Waals surface area contributed by atoms with Gasteiger partial charge in [-0.15, -0.1) is 0 Å². The Labute approximate surface area is 133 Å². The summed E-state index contributed by atoms with van der Waals surface area (Å²) in [7, 11) is 1.59. The van der Waals surface area contributed by atoms with Gasteiger partial charge in [-0.25, -0.2) is 4.98 Å². The summed E-state index contributed by atoms with van der Waals surface area (Å²) in [5, 5.41) is 8.16. The van der Waals surface area contributed by atoms with Gasteiger partial charge in [0.05, 0.1) is 12.1 Å². The van der Waals surface area contributed by atoms with Crippen LogP contribution in [0.3, 0.4) is 0 Å². The Morgan fingerprint density at radius 1 is 1.36 bits per heavy atom. The molecule has 0 radical (unpaired) electrons. The second-order valence-electron chi connectivity index (χ2n) is 4.82. The SMILES string of the molecule is CCc1c(C)nc2ncnn2c1Nc1ccc(OC)c(Cl)c1. The monoisotopic (exact) mass is 317 g/mol. The van der Waals surface area contributed by atoms with Gasteiger partial charge >= 0.3 is 0 Å². The maximum Gasteiger partial charge on any atom is 0.254 e. The third-order valence-electron chi connectivity index (χ3n) is 3.50. The van der Waals surface area contributed by atoms with Crippen LogP contribution >= 0.6 is 11.6 Å². The van der Waals surface area contributed by atoms with Crippen molar-refractivity contribution < 1.29 is 4.74 Å². The fourth-order valence-electron chi connectivity index (χ4n) is 2.42. The van der Waals surface area contributed by atoms with Gasteiger partial charge in [-0.3, -0.25) is 0 Å². The molecule has 2 aromatic heterocycles. The number of nitrogens with zero attached hydrogens (tertiary/aromatic N) is 4. The van der Waals surface area contributed by atoms with E-state index in [4.69, 9.17) is 16.3 Å². The molecule has 0 spiro atoms. The van der Waals surface area contributed by atoms with Gasteiger partial charge in [-0.05, 0) is 31.5 Å². The number of hydrogen-bond acceptors (Lipinski definition) is 5. The van der Waals surface area contributed by atoms with Crippen molar-refractivity contribution in [3.05, 3.63) is 40.8 Å². The number of fused-ring (bicyclic) bond motifs is 1. The van der Waals surface area contributed by atoms with Gasteiger partial charge in [0, 0.05) is 16.9 Å². The number of methoxy groups -OCH3 is 1. The zero-order valence-electron chi connectivity index (χ0n) is 12.6. The molecule has 3 rings (SSSR count). The van der Waals surface area contributed by atoms with Crippen LogP contribution in [0, 0.1) is 6.92 Å². The number of halogens is 1. The highest BCUT2D eigenvalue weighted by atomic mass is 35.5. The molecule has 1 aromatic carbocycles. The van der Waals surface area contributed by atoms with Crippen LogP contribution in [-0.4, -0.2) is 26.7 Å². The van der Waals surface area contributed by atoms with Gasteiger partial charge in [0.15, 0.2) is 0 Å². The lowest BCUT2D eigenvalue weighted by Crippen LogP contribution is -2.08. The minimum absolute atomic E-state index is 0.547. The molecule has 0 saturated carbocycles. The minimum Gasteiger partial charge on any atom is -0.495 e. The van der Waals surface area contributed by atoms with E-state index in [9.17, 15) is 0 Å². The summed E-state index contributed by atoms with van der Waals surface area (Å²) in [6.07, 6.45) is 2.33. The van der Waals surface area contributed by atoms with Crippen molar-refractivity contribution in [2.45, 2.75) is 20.3 Å². The molecule has 0 fully saturated rings. The zero-order valence-corrected chi connectivity index (χ0v) is 13.3. The molecule has 3 aromatic rings. The van der Waals surface area contributed by atoms with E-state index >= 15 is 0 Å². The molecule has 2 heterocycles. The number of benzene rings is 1. The van der Waals surface area contributed by atoms with Crippen LogP contribution in [-0.2, 0) is 6.42 Å². The van der Waals surface area contributed by atoms with Crippen molar-refractivity contribution in [1.29, 1.82) is 0 Å². The van der Waals surface area contributed by atoms with Gasteiger partial charge in [0.2, 0.25) is 0 Å². The summed E-state index contributed by atoms with van der Waals surface area (Å²) in [6.45, 7) is 4.05. The number of aromatic nitrogens is 4. The lowest BCUT2D eigenvalue weighted by molar-refractivity contribution is 0.415. The lowest BCUT2D eigenvalue weighted by Gasteiger charge is -2.15. The smallest absolute Gasteiger partial charge is 0.254 e. The van der Waals surface area contributed by atoms with Crippen molar-refractivity contribution in [2.24, 2.45) is 0 Å². The average Bonchev–Trinajstić information content (AvgIpc) is 2.95. The van der Waals surface area contributed by atoms with Crippen LogP contribution in [0.5, 0.6) is 5.75 Å². The standard InChI is InChI=1S/C15H16ClN5O/c1-4-11-9(2)19-15-17-8-18-21(15)14(11)20-10-5-6-13(22-3)12(16)7-10/h5-8,20H,4H2,1-3H3. The van der Waals surface area contributed by atoms with E-state index in [1.54, 1.807) is 11.6 Å². The third-order valence-corrected chi connectivity index (χ3v) is 3.80. The minimum atomic E-state index is 0.547. The molecule has 0 bridgehead atoms. The van der Waals surface area contributed by atoms with Crippen LogP contribution in [0.15, 0.2) is 24.5 Å². The Kier molecular flexibility index (Phi) is 3.85. The molecule has 6 nitrogen and oxygen atoms in total. The lowest BCUT2D eigenvalue weighted by atomic mass is 10.1. The first-order valence-corrected chi connectivity index (χ1v) is 7.31. The highest BCUT2D eigenvalue weighted by molar-refractivity contribution is 6.32. The third kappa shape index (κ3) is 2.46. The largest absolute Gasteiger partial charge is 0.495 e. The number of ether oxygens (including phenoxy) is 1.